The van der Waals surface area contributed by atoms with Crippen LogP contribution in [0.1, 0.15) is 22.2 Å². The van der Waals surface area contributed by atoms with Crippen LogP contribution in [0.4, 0.5) is 4.39 Å². The molecule has 1 atom stereocenters. The highest BCUT2D eigenvalue weighted by Gasteiger charge is 2.24. The van der Waals surface area contributed by atoms with E-state index in [0.29, 0.717) is 40.2 Å². The molecule has 0 N–H and O–H groups in total. The summed E-state index contributed by atoms with van der Waals surface area (Å²) in [7, 11) is 0. The number of aryl methyl sites for hydroxylation is 1. The largest absolute Gasteiger partial charge is 0.451 e. The summed E-state index contributed by atoms with van der Waals surface area (Å²) >= 11 is 1.17. The van der Waals surface area contributed by atoms with E-state index in [1.165, 1.54) is 17.4 Å². The van der Waals surface area contributed by atoms with Crippen molar-refractivity contribution in [3.8, 4) is 0 Å². The summed E-state index contributed by atoms with van der Waals surface area (Å²) < 4.78 is 25.1. The molecule has 0 spiro atoms. The minimum Gasteiger partial charge on any atom is -0.451 e. The fraction of sp³-hybridized carbons (Fsp3) is 0.412. The highest BCUT2D eigenvalue weighted by atomic mass is 32.1. The number of thiophene rings is 1. The number of ether oxygens (including phenoxy) is 2. The van der Waals surface area contributed by atoms with Crippen LogP contribution in [-0.4, -0.2) is 49.2 Å². The lowest BCUT2D eigenvalue weighted by Crippen LogP contribution is -2.46. The van der Waals surface area contributed by atoms with Crippen LogP contribution in [0.5, 0.6) is 0 Å². The van der Waals surface area contributed by atoms with E-state index < -0.39 is 5.97 Å². The van der Waals surface area contributed by atoms with Crippen molar-refractivity contribution in [2.24, 2.45) is 0 Å². The third-order valence-electron chi connectivity index (χ3n) is 4.01. The van der Waals surface area contributed by atoms with Gasteiger partial charge in [0.25, 0.3) is 5.91 Å². The fourth-order valence-electron chi connectivity index (χ4n) is 2.78. The molecule has 1 aromatic carbocycles. The number of benzene rings is 1. The Morgan fingerprint density at radius 3 is 2.96 bits per heavy atom. The molecule has 1 saturated heterocycles. The van der Waals surface area contributed by atoms with Crippen LogP contribution in [0.3, 0.4) is 0 Å². The van der Waals surface area contributed by atoms with Gasteiger partial charge >= 0.3 is 5.97 Å². The molecule has 0 saturated carbocycles. The summed E-state index contributed by atoms with van der Waals surface area (Å²) in [6.07, 6.45) is -0.0220. The summed E-state index contributed by atoms with van der Waals surface area (Å²) in [4.78, 5) is 26.4. The number of carbonyl (C=O) groups excluding carboxylic acids is 2. The summed E-state index contributed by atoms with van der Waals surface area (Å²) in [6.45, 7) is 4.72. The maximum Gasteiger partial charge on any atom is 0.349 e. The molecule has 0 radical (unpaired) electrons. The van der Waals surface area contributed by atoms with Crippen molar-refractivity contribution in [1.29, 1.82) is 0 Å². The van der Waals surface area contributed by atoms with Crippen molar-refractivity contribution in [2.75, 3.05) is 26.3 Å². The lowest BCUT2D eigenvalue weighted by molar-refractivity contribution is -0.141. The highest BCUT2D eigenvalue weighted by molar-refractivity contribution is 7.21. The number of halogens is 1. The van der Waals surface area contributed by atoms with Crippen molar-refractivity contribution in [3.05, 3.63) is 34.5 Å². The zero-order valence-corrected chi connectivity index (χ0v) is 14.3. The molecule has 5 nitrogen and oxygen atoms in total. The quantitative estimate of drug-likeness (QED) is 0.798. The SMILES string of the molecule is Cc1c(C(=O)OCC(=O)N2CCOC(C)C2)sc2cccc(F)c12. The van der Waals surface area contributed by atoms with E-state index >= 15 is 0 Å². The third kappa shape index (κ3) is 3.27. The number of amides is 1. The number of morpholine rings is 1. The van der Waals surface area contributed by atoms with E-state index in [9.17, 15) is 14.0 Å². The minimum atomic E-state index is -0.595. The van der Waals surface area contributed by atoms with Crippen molar-refractivity contribution in [2.45, 2.75) is 20.0 Å². The first-order chi connectivity index (χ1) is 11.5. The highest BCUT2D eigenvalue weighted by Crippen LogP contribution is 2.32. The van der Waals surface area contributed by atoms with Crippen LogP contribution in [0.2, 0.25) is 0 Å². The predicted molar refractivity (Wildman–Crippen MR) is 88.8 cm³/mol. The molecule has 2 heterocycles. The summed E-state index contributed by atoms with van der Waals surface area (Å²) in [6, 6.07) is 4.72. The molecule has 24 heavy (non-hydrogen) atoms. The molecule has 7 heteroatoms. The first kappa shape index (κ1) is 16.9. The molecule has 128 valence electrons. The Hall–Kier alpha value is -1.99. The molecular weight excluding hydrogens is 333 g/mol. The zero-order valence-electron chi connectivity index (χ0n) is 13.5. The average molecular weight is 351 g/mol. The molecule has 1 aromatic heterocycles. The zero-order chi connectivity index (χ0) is 17.3. The van der Waals surface area contributed by atoms with Gasteiger partial charge in [-0.05, 0) is 31.5 Å². The molecule has 2 aromatic rings. The Kier molecular flexibility index (Phi) is 4.82. The Balaban J connectivity index is 1.68. The first-order valence-corrected chi connectivity index (χ1v) is 8.53. The lowest BCUT2D eigenvalue weighted by Gasteiger charge is -2.30. The lowest BCUT2D eigenvalue weighted by atomic mass is 10.1. The maximum absolute atomic E-state index is 13.9. The monoisotopic (exact) mass is 351 g/mol. The molecule has 0 bridgehead atoms. The van der Waals surface area contributed by atoms with E-state index in [1.807, 2.05) is 6.92 Å². The van der Waals surface area contributed by atoms with Gasteiger partial charge in [0.15, 0.2) is 6.61 Å². The van der Waals surface area contributed by atoms with E-state index in [-0.39, 0.29) is 24.4 Å². The van der Waals surface area contributed by atoms with Gasteiger partial charge < -0.3 is 14.4 Å². The van der Waals surface area contributed by atoms with Gasteiger partial charge in [0.1, 0.15) is 10.7 Å². The molecule has 1 fully saturated rings. The number of fused-ring (bicyclic) bond motifs is 1. The van der Waals surface area contributed by atoms with Gasteiger partial charge in [0.2, 0.25) is 0 Å². The number of hydrogen-bond donors (Lipinski definition) is 0. The number of esters is 1. The van der Waals surface area contributed by atoms with E-state index in [0.717, 1.165) is 0 Å². The van der Waals surface area contributed by atoms with Crippen LogP contribution >= 0.6 is 11.3 Å². The third-order valence-corrected chi connectivity index (χ3v) is 5.25. The van der Waals surface area contributed by atoms with Gasteiger partial charge in [0, 0.05) is 23.2 Å². The van der Waals surface area contributed by atoms with Gasteiger partial charge in [0.05, 0.1) is 12.7 Å². The number of rotatable bonds is 3. The fourth-order valence-corrected chi connectivity index (χ4v) is 3.89. The van der Waals surface area contributed by atoms with Gasteiger partial charge in [-0.1, -0.05) is 6.07 Å². The average Bonchev–Trinajstić information content (AvgIpc) is 2.90. The second-order valence-electron chi connectivity index (χ2n) is 5.77. The Labute approximate surface area is 143 Å². The standard InChI is InChI=1S/C17H18FNO4S/c1-10-8-19(6-7-22-10)14(20)9-23-17(21)16-11(2)15-12(18)4-3-5-13(15)24-16/h3-5,10H,6-9H2,1-2H3. The molecule has 1 unspecified atom stereocenters. The second-order valence-corrected chi connectivity index (χ2v) is 6.82. The van der Waals surface area contributed by atoms with Gasteiger partial charge in [-0.3, -0.25) is 4.79 Å². The van der Waals surface area contributed by atoms with Crippen LogP contribution in [0.15, 0.2) is 18.2 Å². The smallest absolute Gasteiger partial charge is 0.349 e. The van der Waals surface area contributed by atoms with Crippen LogP contribution < -0.4 is 0 Å². The maximum atomic E-state index is 13.9. The molecule has 1 aliphatic rings. The van der Waals surface area contributed by atoms with Crippen molar-refractivity contribution >= 4 is 33.3 Å². The Morgan fingerprint density at radius 2 is 2.25 bits per heavy atom. The molecule has 3 rings (SSSR count). The molecular formula is C17H18FNO4S. The summed E-state index contributed by atoms with van der Waals surface area (Å²) in [5.41, 5.74) is 0.547. The van der Waals surface area contributed by atoms with Crippen molar-refractivity contribution in [3.63, 3.8) is 0 Å². The van der Waals surface area contributed by atoms with Crippen molar-refractivity contribution < 1.29 is 23.5 Å². The second kappa shape index (κ2) is 6.86. The number of nitrogens with zero attached hydrogens (tertiary/aromatic N) is 1. The summed E-state index contributed by atoms with van der Waals surface area (Å²) in [5.74, 6) is -1.20. The van der Waals surface area contributed by atoms with Gasteiger partial charge in [-0.2, -0.15) is 0 Å². The number of carbonyl (C=O) groups is 2. The normalized spacial score (nSPS) is 18.0. The topological polar surface area (TPSA) is 55.8 Å². The van der Waals surface area contributed by atoms with Crippen molar-refractivity contribution in [1.82, 2.24) is 4.90 Å². The Morgan fingerprint density at radius 1 is 1.46 bits per heavy atom. The van der Waals surface area contributed by atoms with Crippen LogP contribution in [0.25, 0.3) is 10.1 Å². The molecule has 0 aliphatic carbocycles. The van der Waals surface area contributed by atoms with Gasteiger partial charge in [-0.15, -0.1) is 11.3 Å². The van der Waals surface area contributed by atoms with Crippen LogP contribution in [0, 0.1) is 12.7 Å². The number of hydrogen-bond acceptors (Lipinski definition) is 5. The van der Waals surface area contributed by atoms with Gasteiger partial charge in [-0.25, -0.2) is 9.18 Å². The molecule has 1 aliphatic heterocycles. The van der Waals surface area contributed by atoms with E-state index in [1.54, 1.807) is 24.0 Å². The molecule has 1 amide bonds. The first-order valence-electron chi connectivity index (χ1n) is 7.71. The predicted octanol–water partition coefficient (Wildman–Crippen LogP) is 2.75. The minimum absolute atomic E-state index is 0.0220. The Bertz CT molecular complexity index is 788. The van der Waals surface area contributed by atoms with E-state index in [4.69, 9.17) is 9.47 Å². The van der Waals surface area contributed by atoms with Crippen LogP contribution in [-0.2, 0) is 14.3 Å². The summed E-state index contributed by atoms with van der Waals surface area (Å²) in [5, 5.41) is 0.433. The van der Waals surface area contributed by atoms with E-state index in [2.05, 4.69) is 0 Å².